The Morgan fingerprint density at radius 1 is 0.416 bits per heavy atom. The normalized spacial score (nSPS) is 14.5. The molecule has 366 valence electrons. The Morgan fingerprint density at radius 2 is 0.896 bits per heavy atom. The first-order chi connectivity index (χ1) is 37.9. The number of ether oxygens (including phenoxy) is 1. The van der Waals surface area contributed by atoms with Gasteiger partial charge in [0.1, 0.15) is 11.5 Å². The molecule has 3 aliphatic rings. The number of anilines is 3. The predicted octanol–water partition coefficient (Wildman–Crippen LogP) is 18.5. The van der Waals surface area contributed by atoms with Gasteiger partial charge in [-0.25, -0.2) is 15.0 Å². The number of hydrogen-bond donors (Lipinski definition) is 0. The zero-order valence-electron chi connectivity index (χ0n) is 42.8. The van der Waals surface area contributed by atoms with Crippen LogP contribution in [0.5, 0.6) is 5.75 Å². The molecule has 1 aromatic heterocycles. The van der Waals surface area contributed by atoms with E-state index in [1.165, 1.54) is 33.4 Å². The van der Waals surface area contributed by atoms with Crippen molar-refractivity contribution in [1.29, 1.82) is 0 Å². The van der Waals surface area contributed by atoms with Crippen LogP contribution in [0.1, 0.15) is 48.4 Å². The maximum atomic E-state index is 6.83. The molecule has 14 rings (SSSR count). The highest BCUT2D eigenvalue weighted by atomic mass is 16.5. The summed E-state index contributed by atoms with van der Waals surface area (Å²) in [5.74, 6) is 3.60. The van der Waals surface area contributed by atoms with E-state index < -0.39 is 0 Å². The van der Waals surface area contributed by atoms with Crippen LogP contribution < -0.4 is 9.64 Å². The van der Waals surface area contributed by atoms with E-state index in [1.54, 1.807) is 0 Å². The van der Waals surface area contributed by atoms with Gasteiger partial charge >= 0.3 is 0 Å². The van der Waals surface area contributed by atoms with Crippen molar-refractivity contribution in [3.8, 4) is 84.4 Å². The molecule has 77 heavy (non-hydrogen) atoms. The van der Waals surface area contributed by atoms with Crippen molar-refractivity contribution >= 4 is 22.6 Å². The Bertz CT molecular complexity index is 4030. The largest absolute Gasteiger partial charge is 0.461 e. The van der Waals surface area contributed by atoms with Gasteiger partial charge in [-0.05, 0) is 128 Å². The summed E-state index contributed by atoms with van der Waals surface area (Å²) in [5, 5.41) is 0. The Morgan fingerprint density at radius 3 is 1.53 bits per heavy atom. The average Bonchev–Trinajstić information content (AvgIpc) is 4.14. The van der Waals surface area contributed by atoms with E-state index in [2.05, 4.69) is 261 Å². The molecular weight excluding hydrogens is 937 g/mol. The van der Waals surface area contributed by atoms with E-state index in [0.29, 0.717) is 17.5 Å². The number of fused-ring (bicyclic) bond motifs is 6. The zero-order valence-corrected chi connectivity index (χ0v) is 42.8. The van der Waals surface area contributed by atoms with Gasteiger partial charge in [-0.2, -0.15) is 0 Å². The number of benzene rings is 10. The van der Waals surface area contributed by atoms with Gasteiger partial charge in [0, 0.05) is 44.6 Å². The van der Waals surface area contributed by atoms with Crippen LogP contribution in [0.15, 0.2) is 267 Å². The minimum atomic E-state index is -0.127. The Labute approximate surface area is 449 Å². The van der Waals surface area contributed by atoms with Crippen LogP contribution in [0.2, 0.25) is 0 Å². The van der Waals surface area contributed by atoms with Crippen LogP contribution in [0.4, 0.5) is 17.1 Å². The standard InChI is InChI=1S/C72H52N4O/c1-72(2)62-29-16-15-27-59(62)68-63(72)30-18-31-64(68)76(57-38-33-50(34-39-57)47-19-7-3-8-20-47)58-40-35-51(36-41-58)53-37-42-60-66(46-53)77-65-32-17-28-61(67(60)65)71-74-69(52-25-13-6-14-26-52)73-70(75-71)56-44-54(48-21-9-4-10-22-48)43-55(45-56)49-23-11-5-12-24-49/h3-41,43-46,60H,42H2,1-2H3. The molecule has 10 aromatic carbocycles. The minimum absolute atomic E-state index is 0.00245. The first kappa shape index (κ1) is 45.9. The maximum Gasteiger partial charge on any atom is 0.164 e. The number of nitrogens with zero attached hydrogens (tertiary/aromatic N) is 4. The van der Waals surface area contributed by atoms with E-state index in [1.807, 2.05) is 18.2 Å². The molecule has 1 aliphatic heterocycles. The van der Waals surface area contributed by atoms with Crippen molar-refractivity contribution in [1.82, 2.24) is 15.0 Å². The maximum absolute atomic E-state index is 6.83. The molecule has 0 spiro atoms. The lowest BCUT2D eigenvalue weighted by atomic mass is 9.82. The van der Waals surface area contributed by atoms with Crippen molar-refractivity contribution < 1.29 is 4.74 Å². The van der Waals surface area contributed by atoms with Crippen LogP contribution in [-0.2, 0) is 5.41 Å². The fraction of sp³-hybridized carbons (Fsp3) is 0.0694. The quantitative estimate of drug-likeness (QED) is 0.137. The molecule has 11 aromatic rings. The number of hydrogen-bond acceptors (Lipinski definition) is 5. The zero-order chi connectivity index (χ0) is 51.5. The highest BCUT2D eigenvalue weighted by molar-refractivity contribution is 5.95. The summed E-state index contributed by atoms with van der Waals surface area (Å²) in [7, 11) is 0. The van der Waals surface area contributed by atoms with Gasteiger partial charge in [0.25, 0.3) is 0 Å². The molecule has 5 nitrogen and oxygen atoms in total. The number of aromatic nitrogens is 3. The molecule has 0 radical (unpaired) electrons. The number of allylic oxidation sites excluding steroid dienone is 4. The van der Waals surface area contributed by atoms with Gasteiger partial charge in [-0.15, -0.1) is 0 Å². The summed E-state index contributed by atoms with van der Waals surface area (Å²) in [6, 6.07) is 88.4. The van der Waals surface area contributed by atoms with E-state index >= 15 is 0 Å². The van der Waals surface area contributed by atoms with Crippen LogP contribution in [0.25, 0.3) is 84.2 Å². The smallest absolute Gasteiger partial charge is 0.164 e. The first-order valence-corrected chi connectivity index (χ1v) is 26.5. The molecule has 0 saturated heterocycles. The molecule has 0 fully saturated rings. The molecule has 0 N–H and O–H groups in total. The predicted molar refractivity (Wildman–Crippen MR) is 315 cm³/mol. The fourth-order valence-electron chi connectivity index (χ4n) is 11.8. The van der Waals surface area contributed by atoms with Crippen molar-refractivity contribution in [3.63, 3.8) is 0 Å². The Kier molecular flexibility index (Phi) is 11.3. The monoisotopic (exact) mass is 988 g/mol. The van der Waals surface area contributed by atoms with Gasteiger partial charge in [0.15, 0.2) is 17.5 Å². The highest BCUT2D eigenvalue weighted by Gasteiger charge is 2.38. The molecule has 1 atom stereocenters. The lowest BCUT2D eigenvalue weighted by molar-refractivity contribution is 0.426. The van der Waals surface area contributed by atoms with Gasteiger partial charge < -0.3 is 9.64 Å². The SMILES string of the molecule is CC1(C)c2ccccc2-c2c(N(c3ccc(C4=CCC5C(=C4)Oc4cccc(-c6nc(-c7ccccc7)nc(-c7cc(-c8ccccc8)cc(-c8ccccc8)c7)n6)c45)cc3)c3ccc(-c4ccccc4)cc3)cccc21. The van der Waals surface area contributed by atoms with E-state index in [0.717, 1.165) is 90.6 Å². The third-order valence-electron chi connectivity index (χ3n) is 15.7. The summed E-state index contributed by atoms with van der Waals surface area (Å²) < 4.78 is 6.83. The molecule has 0 amide bonds. The Balaban J connectivity index is 0.817. The van der Waals surface area contributed by atoms with Gasteiger partial charge in [0.2, 0.25) is 0 Å². The van der Waals surface area contributed by atoms with Crippen molar-refractivity contribution in [2.24, 2.45) is 0 Å². The molecule has 0 saturated carbocycles. The summed E-state index contributed by atoms with van der Waals surface area (Å²) in [6.07, 6.45) is 5.35. The lowest BCUT2D eigenvalue weighted by Crippen LogP contribution is -2.16. The molecular formula is C72H52N4O. The van der Waals surface area contributed by atoms with Crippen LogP contribution in [-0.4, -0.2) is 15.0 Å². The van der Waals surface area contributed by atoms with Crippen molar-refractivity contribution in [2.45, 2.75) is 31.6 Å². The fourth-order valence-corrected chi connectivity index (χ4v) is 11.8. The van der Waals surface area contributed by atoms with Crippen molar-refractivity contribution in [2.75, 3.05) is 4.90 Å². The third-order valence-corrected chi connectivity index (χ3v) is 15.7. The van der Waals surface area contributed by atoms with Gasteiger partial charge in [-0.3, -0.25) is 0 Å². The lowest BCUT2D eigenvalue weighted by Gasteiger charge is -2.29. The summed E-state index contributed by atoms with van der Waals surface area (Å²) >= 11 is 0. The highest BCUT2D eigenvalue weighted by Crippen LogP contribution is 2.55. The second kappa shape index (κ2) is 18.9. The van der Waals surface area contributed by atoms with Gasteiger partial charge in [-0.1, -0.05) is 214 Å². The number of rotatable bonds is 10. The van der Waals surface area contributed by atoms with Crippen molar-refractivity contribution in [3.05, 3.63) is 289 Å². The van der Waals surface area contributed by atoms with Crippen LogP contribution >= 0.6 is 0 Å². The molecule has 2 aliphatic carbocycles. The second-order valence-corrected chi connectivity index (χ2v) is 20.7. The van der Waals surface area contributed by atoms with E-state index in [-0.39, 0.29) is 11.3 Å². The minimum Gasteiger partial charge on any atom is -0.461 e. The van der Waals surface area contributed by atoms with E-state index in [4.69, 9.17) is 19.7 Å². The van der Waals surface area contributed by atoms with Crippen LogP contribution in [0, 0.1) is 0 Å². The van der Waals surface area contributed by atoms with Crippen LogP contribution in [0.3, 0.4) is 0 Å². The molecule has 0 bridgehead atoms. The average molecular weight is 989 g/mol. The topological polar surface area (TPSA) is 51.1 Å². The molecule has 5 heteroatoms. The first-order valence-electron chi connectivity index (χ1n) is 26.5. The second-order valence-electron chi connectivity index (χ2n) is 20.7. The van der Waals surface area contributed by atoms with Gasteiger partial charge in [0.05, 0.1) is 11.6 Å². The molecule has 2 heterocycles. The van der Waals surface area contributed by atoms with E-state index in [9.17, 15) is 0 Å². The summed E-state index contributed by atoms with van der Waals surface area (Å²) in [4.78, 5) is 18.2. The molecule has 1 unspecified atom stereocenters. The Hall–Kier alpha value is -9.71. The summed E-state index contributed by atoms with van der Waals surface area (Å²) in [6.45, 7) is 4.69. The summed E-state index contributed by atoms with van der Waals surface area (Å²) in [5.41, 5.74) is 21.4. The third kappa shape index (κ3) is 8.25.